The van der Waals surface area contributed by atoms with Gasteiger partial charge in [-0.05, 0) is 97.1 Å². The van der Waals surface area contributed by atoms with Gasteiger partial charge in [-0.25, -0.2) is 9.97 Å². The number of fused-ring (bicyclic) bond motifs is 19. The Balaban J connectivity index is 1.01. The standard InChI is InChI=1S/C59H36N2S/c1-3-22-46-39(16-1)40-17-2-4-23-47(40)58-57(46)60-55(37-15-13-14-35(32-37)36-29-31-54-48(33-36)45-21-8-12-27-53(45)62-54)56(61-58)38-28-30-44-43-20-7-11-26-51(43)59(52(44)34-38)49-24-9-5-18-41(49)42-19-6-10-25-50(42)59/h1-31,33-34,37H,32H2. The van der Waals surface area contributed by atoms with Crippen molar-refractivity contribution in [2.75, 3.05) is 0 Å². The molecule has 0 radical (unpaired) electrons. The summed E-state index contributed by atoms with van der Waals surface area (Å²) < 4.78 is 2.65. The molecule has 0 fully saturated rings. The van der Waals surface area contributed by atoms with Crippen LogP contribution in [0.2, 0.25) is 0 Å². The normalized spacial score (nSPS) is 15.7. The summed E-state index contributed by atoms with van der Waals surface area (Å²) in [5, 5.41) is 7.31. The van der Waals surface area contributed by atoms with Crippen LogP contribution in [0.4, 0.5) is 0 Å². The topological polar surface area (TPSA) is 25.8 Å². The molecule has 0 aliphatic heterocycles. The first-order chi connectivity index (χ1) is 30.7. The van der Waals surface area contributed by atoms with E-state index in [4.69, 9.17) is 9.97 Å². The van der Waals surface area contributed by atoms with Gasteiger partial charge < -0.3 is 0 Å². The average molecular weight is 805 g/mol. The van der Waals surface area contributed by atoms with Gasteiger partial charge >= 0.3 is 0 Å². The van der Waals surface area contributed by atoms with Crippen LogP contribution in [0, 0.1) is 0 Å². The summed E-state index contributed by atoms with van der Waals surface area (Å²) >= 11 is 1.87. The Labute approximate surface area is 362 Å². The third-order valence-electron chi connectivity index (χ3n) is 14.0. The summed E-state index contributed by atoms with van der Waals surface area (Å²) in [6, 6.07) is 67.5. The molecule has 62 heavy (non-hydrogen) atoms. The molecule has 1 spiro atoms. The zero-order valence-electron chi connectivity index (χ0n) is 33.6. The molecule has 0 saturated heterocycles. The van der Waals surface area contributed by atoms with E-state index in [1.165, 1.54) is 86.6 Å². The van der Waals surface area contributed by atoms with Crippen molar-refractivity contribution in [3.63, 3.8) is 0 Å². The Morgan fingerprint density at radius 2 is 0.968 bits per heavy atom. The monoisotopic (exact) mass is 804 g/mol. The highest BCUT2D eigenvalue weighted by atomic mass is 32.1. The zero-order chi connectivity index (χ0) is 40.5. The van der Waals surface area contributed by atoms with E-state index in [1.54, 1.807) is 0 Å². The third kappa shape index (κ3) is 4.58. The SMILES string of the molecule is C1=CC(c2nc3c4ccccc4c4ccccc4c3nc2-c2ccc3c(c2)C2(c4ccccc4-c4ccccc42)c2ccccc2-3)CC(c2ccc3sc4ccccc4c3c2)=C1. The predicted molar refractivity (Wildman–Crippen MR) is 260 cm³/mol. The highest BCUT2D eigenvalue weighted by Gasteiger charge is 2.51. The fourth-order valence-electron chi connectivity index (χ4n) is 11.4. The van der Waals surface area contributed by atoms with Crippen molar-refractivity contribution in [1.29, 1.82) is 0 Å². The molecule has 1 atom stereocenters. The fourth-order valence-corrected chi connectivity index (χ4v) is 12.5. The molecular weight excluding hydrogens is 769 g/mol. The van der Waals surface area contributed by atoms with E-state index in [0.717, 1.165) is 45.2 Å². The number of rotatable bonds is 3. The largest absolute Gasteiger partial charge is 0.248 e. The second-order valence-corrected chi connectivity index (χ2v) is 18.2. The lowest BCUT2D eigenvalue weighted by atomic mass is 9.70. The minimum Gasteiger partial charge on any atom is -0.248 e. The van der Waals surface area contributed by atoms with Gasteiger partial charge in [0.15, 0.2) is 0 Å². The Bertz CT molecular complexity index is 3750. The van der Waals surface area contributed by atoms with E-state index >= 15 is 0 Å². The summed E-state index contributed by atoms with van der Waals surface area (Å²) in [6.45, 7) is 0. The van der Waals surface area contributed by atoms with Gasteiger partial charge in [-0.15, -0.1) is 11.3 Å². The maximum atomic E-state index is 5.83. The first-order valence-electron chi connectivity index (χ1n) is 21.6. The van der Waals surface area contributed by atoms with Crippen LogP contribution in [0.1, 0.15) is 45.8 Å². The molecule has 3 aliphatic rings. The second kappa shape index (κ2) is 12.8. The molecule has 14 rings (SSSR count). The molecule has 9 aromatic carbocycles. The number of thiophene rings is 1. The molecule has 3 heteroatoms. The van der Waals surface area contributed by atoms with Gasteiger partial charge in [-0.2, -0.15) is 0 Å². The van der Waals surface area contributed by atoms with Gasteiger partial charge in [0, 0.05) is 42.4 Å². The summed E-state index contributed by atoms with van der Waals surface area (Å²) in [5.41, 5.74) is 17.6. The molecule has 0 amide bonds. The van der Waals surface area contributed by atoms with Gasteiger partial charge in [-0.1, -0.05) is 176 Å². The number of hydrogen-bond acceptors (Lipinski definition) is 3. The molecule has 0 saturated carbocycles. The lowest BCUT2D eigenvalue weighted by molar-refractivity contribution is 0.793. The molecule has 11 aromatic rings. The molecule has 2 heterocycles. The van der Waals surface area contributed by atoms with Crippen molar-refractivity contribution in [1.82, 2.24) is 9.97 Å². The summed E-state index contributed by atoms with van der Waals surface area (Å²) in [5.74, 6) is 0.00870. The Morgan fingerprint density at radius 3 is 1.65 bits per heavy atom. The molecule has 1 unspecified atom stereocenters. The van der Waals surface area contributed by atoms with Crippen LogP contribution < -0.4 is 0 Å². The van der Waals surface area contributed by atoms with Crippen LogP contribution in [-0.2, 0) is 5.41 Å². The number of hydrogen-bond donors (Lipinski definition) is 0. The Kier molecular flexibility index (Phi) is 7.06. The minimum absolute atomic E-state index is 0.00870. The van der Waals surface area contributed by atoms with E-state index in [1.807, 2.05) is 11.3 Å². The van der Waals surface area contributed by atoms with E-state index in [2.05, 4.69) is 200 Å². The fraction of sp³-hybridized carbons (Fsp3) is 0.0508. The first-order valence-corrected chi connectivity index (χ1v) is 22.4. The Hall–Kier alpha value is -7.46. The van der Waals surface area contributed by atoms with Crippen molar-refractivity contribution >= 4 is 69.7 Å². The maximum absolute atomic E-state index is 5.83. The molecule has 0 bridgehead atoms. The van der Waals surface area contributed by atoms with Crippen LogP contribution in [0.5, 0.6) is 0 Å². The van der Waals surface area contributed by atoms with E-state index in [-0.39, 0.29) is 5.92 Å². The lowest BCUT2D eigenvalue weighted by Crippen LogP contribution is -2.25. The highest BCUT2D eigenvalue weighted by molar-refractivity contribution is 7.25. The highest BCUT2D eigenvalue weighted by Crippen LogP contribution is 2.63. The number of allylic oxidation sites excluding steroid dienone is 4. The van der Waals surface area contributed by atoms with Gasteiger partial charge in [-0.3, -0.25) is 0 Å². The van der Waals surface area contributed by atoms with Crippen molar-refractivity contribution in [3.8, 4) is 33.5 Å². The van der Waals surface area contributed by atoms with Crippen molar-refractivity contribution in [2.24, 2.45) is 0 Å². The van der Waals surface area contributed by atoms with Gasteiger partial charge in [0.1, 0.15) is 0 Å². The average Bonchev–Trinajstić information content (AvgIpc) is 3.97. The van der Waals surface area contributed by atoms with Gasteiger partial charge in [0.05, 0.1) is 27.8 Å². The molecule has 0 N–H and O–H groups in total. The second-order valence-electron chi connectivity index (χ2n) is 17.1. The zero-order valence-corrected chi connectivity index (χ0v) is 34.5. The number of benzene rings is 9. The van der Waals surface area contributed by atoms with E-state index in [0.29, 0.717) is 0 Å². The van der Waals surface area contributed by atoms with Crippen LogP contribution in [0.25, 0.3) is 91.8 Å². The number of nitrogens with zero attached hydrogens (tertiary/aromatic N) is 2. The quantitative estimate of drug-likeness (QED) is 0.166. The van der Waals surface area contributed by atoms with Gasteiger partial charge in [0.25, 0.3) is 0 Å². The van der Waals surface area contributed by atoms with Crippen molar-refractivity contribution in [3.05, 3.63) is 234 Å². The third-order valence-corrected chi connectivity index (χ3v) is 15.2. The molecule has 3 aliphatic carbocycles. The molecule has 288 valence electrons. The predicted octanol–water partition coefficient (Wildman–Crippen LogP) is 15.4. The summed E-state index contributed by atoms with van der Waals surface area (Å²) in [7, 11) is 0. The molecule has 2 aromatic heterocycles. The van der Waals surface area contributed by atoms with Crippen LogP contribution in [-0.4, -0.2) is 9.97 Å². The van der Waals surface area contributed by atoms with Crippen molar-refractivity contribution < 1.29 is 0 Å². The lowest BCUT2D eigenvalue weighted by Gasteiger charge is -2.30. The van der Waals surface area contributed by atoms with Crippen LogP contribution >= 0.6 is 11.3 Å². The van der Waals surface area contributed by atoms with Crippen molar-refractivity contribution in [2.45, 2.75) is 17.8 Å². The van der Waals surface area contributed by atoms with E-state index in [9.17, 15) is 0 Å². The summed E-state index contributed by atoms with van der Waals surface area (Å²) in [4.78, 5) is 11.6. The van der Waals surface area contributed by atoms with Gasteiger partial charge in [0.2, 0.25) is 0 Å². The molecule has 2 nitrogen and oxygen atoms in total. The van der Waals surface area contributed by atoms with Crippen LogP contribution in [0.3, 0.4) is 0 Å². The maximum Gasteiger partial charge on any atom is 0.0979 e. The molecular formula is C59H36N2S. The summed E-state index contributed by atoms with van der Waals surface area (Å²) in [6.07, 6.45) is 7.71. The Morgan fingerprint density at radius 1 is 0.435 bits per heavy atom. The van der Waals surface area contributed by atoms with E-state index < -0.39 is 5.41 Å². The first kappa shape index (κ1) is 34.3. The smallest absolute Gasteiger partial charge is 0.0979 e. The van der Waals surface area contributed by atoms with Crippen LogP contribution in [0.15, 0.2) is 200 Å². The number of aromatic nitrogens is 2. The minimum atomic E-state index is -0.451.